The highest BCUT2D eigenvalue weighted by Gasteiger charge is 2.34. The van der Waals surface area contributed by atoms with E-state index in [9.17, 15) is 9.59 Å². The highest BCUT2D eigenvalue weighted by Crippen LogP contribution is 2.16. The number of carbonyl (C=O) groups is 2. The van der Waals surface area contributed by atoms with Gasteiger partial charge in [-0.05, 0) is 13.3 Å². The average molecular weight is 471 g/mol. The van der Waals surface area contributed by atoms with Crippen molar-refractivity contribution in [3.05, 3.63) is 0 Å². The number of likely N-dealkylation sites (N-methyl/N-ethyl adjacent to an activating group) is 1. The first-order valence-corrected chi connectivity index (χ1v) is 14.0. The second kappa shape index (κ2) is 22.8. The maximum Gasteiger partial charge on any atom is 0.313 e. The van der Waals surface area contributed by atoms with Crippen molar-refractivity contribution in [1.29, 1.82) is 0 Å². The predicted molar refractivity (Wildman–Crippen MR) is 139 cm³/mol. The number of carboxylic acid groups (broad SMARTS) is 1. The minimum absolute atomic E-state index is 0.0370. The van der Waals surface area contributed by atoms with Crippen molar-refractivity contribution in [2.24, 2.45) is 5.73 Å². The van der Waals surface area contributed by atoms with Crippen LogP contribution in [0.3, 0.4) is 0 Å². The van der Waals surface area contributed by atoms with Gasteiger partial charge >= 0.3 is 11.9 Å². The maximum absolute atomic E-state index is 13.0. The number of nitrogens with two attached hydrogens (primary N) is 1. The minimum Gasteiger partial charge on any atom is -0.481 e. The third-order valence-corrected chi connectivity index (χ3v) is 6.92. The Hall–Kier alpha value is -0.980. The number of amides is 1. The van der Waals surface area contributed by atoms with E-state index in [2.05, 4.69) is 12.2 Å². The quantitative estimate of drug-likeness (QED) is 0.119. The van der Waals surface area contributed by atoms with Crippen molar-refractivity contribution in [1.82, 2.24) is 5.32 Å². The first-order valence-electron chi connectivity index (χ1n) is 14.0. The van der Waals surface area contributed by atoms with E-state index in [1.165, 1.54) is 83.5 Å². The largest absolute Gasteiger partial charge is 0.481 e. The van der Waals surface area contributed by atoms with Gasteiger partial charge in [0, 0.05) is 19.6 Å². The molecular formula is C27H56N3O3+. The second-order valence-corrected chi connectivity index (χ2v) is 9.68. The fourth-order valence-corrected chi connectivity index (χ4v) is 4.57. The van der Waals surface area contributed by atoms with Gasteiger partial charge in [0.2, 0.25) is 0 Å². The summed E-state index contributed by atoms with van der Waals surface area (Å²) in [5.41, 5.74) is 5.53. The van der Waals surface area contributed by atoms with Gasteiger partial charge in [-0.15, -0.1) is 0 Å². The van der Waals surface area contributed by atoms with Gasteiger partial charge in [0.15, 0.2) is 0 Å². The molecule has 0 aromatic carbocycles. The number of unbranched alkanes of at least 4 members (excludes halogenated alkanes) is 14. The fourth-order valence-electron chi connectivity index (χ4n) is 4.57. The first kappa shape index (κ1) is 32.0. The van der Waals surface area contributed by atoms with Crippen LogP contribution in [0.1, 0.15) is 123 Å². The van der Waals surface area contributed by atoms with Crippen molar-refractivity contribution in [2.75, 3.05) is 39.3 Å². The summed E-state index contributed by atoms with van der Waals surface area (Å²) in [5.74, 6) is -0.636. The molecule has 0 aliphatic heterocycles. The summed E-state index contributed by atoms with van der Waals surface area (Å²) < 4.78 is 0.266. The number of hydrogen-bond donors (Lipinski definition) is 3. The van der Waals surface area contributed by atoms with Crippen LogP contribution in [0.2, 0.25) is 0 Å². The van der Waals surface area contributed by atoms with Gasteiger partial charge in [-0.25, -0.2) is 4.79 Å². The molecule has 196 valence electrons. The summed E-state index contributed by atoms with van der Waals surface area (Å²) >= 11 is 0. The summed E-state index contributed by atoms with van der Waals surface area (Å²) in [6.07, 6.45) is 20.2. The van der Waals surface area contributed by atoms with Gasteiger partial charge in [0.25, 0.3) is 0 Å². The molecule has 0 bridgehead atoms. The van der Waals surface area contributed by atoms with E-state index in [0.29, 0.717) is 39.1 Å². The number of carboxylic acids is 1. The Kier molecular flexibility index (Phi) is 22.1. The molecule has 0 saturated carbocycles. The molecule has 1 unspecified atom stereocenters. The Morgan fingerprint density at radius 2 is 1.18 bits per heavy atom. The topological polar surface area (TPSA) is 92.4 Å². The molecule has 4 N–H and O–H groups in total. The molecule has 6 nitrogen and oxygen atoms in total. The molecule has 33 heavy (non-hydrogen) atoms. The average Bonchev–Trinajstić information content (AvgIpc) is 2.81. The van der Waals surface area contributed by atoms with Gasteiger partial charge in [-0.2, -0.15) is 0 Å². The molecule has 1 amide bonds. The van der Waals surface area contributed by atoms with Crippen molar-refractivity contribution < 1.29 is 19.2 Å². The molecule has 0 rings (SSSR count). The van der Waals surface area contributed by atoms with Crippen molar-refractivity contribution in [3.63, 3.8) is 0 Å². The molecule has 1 atom stereocenters. The first-order chi connectivity index (χ1) is 16.0. The van der Waals surface area contributed by atoms with Gasteiger partial charge < -0.3 is 16.2 Å². The molecule has 0 radical (unpaired) electrons. The fraction of sp³-hybridized carbons (Fsp3) is 0.926. The molecule has 0 aliphatic rings. The van der Waals surface area contributed by atoms with Crippen LogP contribution in [-0.4, -0.2) is 60.7 Å². The van der Waals surface area contributed by atoms with E-state index in [1.807, 2.05) is 6.92 Å². The van der Waals surface area contributed by atoms with Crippen LogP contribution in [0.5, 0.6) is 0 Å². The number of hydrogen-bond acceptors (Lipinski definition) is 4. The van der Waals surface area contributed by atoms with Crippen LogP contribution in [0, 0.1) is 0 Å². The molecule has 0 spiro atoms. The SMILES string of the molecule is CCCCCCCCCCCCCCCCCC(=O)[N+](CC)(CCNCCN)CCC(=O)O. The van der Waals surface area contributed by atoms with E-state index >= 15 is 0 Å². The van der Waals surface area contributed by atoms with Crippen LogP contribution in [-0.2, 0) is 9.59 Å². The number of rotatable bonds is 25. The number of nitrogens with zero attached hydrogens (tertiary/aromatic N) is 1. The molecule has 0 heterocycles. The Bertz CT molecular complexity index is 474. The Labute approximate surface area is 204 Å². The third kappa shape index (κ3) is 18.1. The predicted octanol–water partition coefficient (Wildman–Crippen LogP) is 5.63. The Morgan fingerprint density at radius 3 is 1.61 bits per heavy atom. The van der Waals surface area contributed by atoms with E-state index in [1.54, 1.807) is 0 Å². The number of aliphatic carboxylic acids is 1. The molecule has 0 saturated heterocycles. The molecule has 0 aliphatic carbocycles. The summed E-state index contributed by atoms with van der Waals surface area (Å²) in [6, 6.07) is 0. The maximum atomic E-state index is 13.0. The lowest BCUT2D eigenvalue weighted by Gasteiger charge is -2.35. The number of nitrogens with one attached hydrogen (secondary N) is 1. The minimum atomic E-state index is -0.833. The molecule has 0 fully saturated rings. The lowest BCUT2D eigenvalue weighted by molar-refractivity contribution is -0.851. The highest BCUT2D eigenvalue weighted by molar-refractivity contribution is 5.70. The van der Waals surface area contributed by atoms with Gasteiger partial charge in [0.05, 0.1) is 32.5 Å². The lowest BCUT2D eigenvalue weighted by atomic mass is 10.0. The number of quaternary nitrogens is 1. The monoisotopic (exact) mass is 470 g/mol. The standard InChI is InChI=1S/C27H55N3O3/c1-3-5-6-7-8-9-10-11-12-13-14-15-16-17-18-19-26(31)30(4-2,24-20-27(32)33)25-23-29-22-21-28/h29H,3-25,28H2,1-2H3/p+1. The number of carbonyl (C=O) groups excluding carboxylic acids is 1. The summed E-state index contributed by atoms with van der Waals surface area (Å²) in [4.78, 5) is 24.1. The smallest absolute Gasteiger partial charge is 0.313 e. The van der Waals surface area contributed by atoms with Crippen molar-refractivity contribution in [3.8, 4) is 0 Å². The van der Waals surface area contributed by atoms with Crippen LogP contribution >= 0.6 is 0 Å². The second-order valence-electron chi connectivity index (χ2n) is 9.68. The molecule has 6 heteroatoms. The van der Waals surface area contributed by atoms with E-state index < -0.39 is 5.97 Å². The van der Waals surface area contributed by atoms with Gasteiger partial charge in [-0.1, -0.05) is 96.8 Å². The van der Waals surface area contributed by atoms with E-state index in [4.69, 9.17) is 10.8 Å². The Balaban J connectivity index is 3.92. The zero-order valence-corrected chi connectivity index (χ0v) is 22.1. The van der Waals surface area contributed by atoms with Gasteiger partial charge in [0.1, 0.15) is 0 Å². The zero-order valence-electron chi connectivity index (χ0n) is 22.1. The van der Waals surface area contributed by atoms with E-state index in [0.717, 1.165) is 19.4 Å². The normalized spacial score (nSPS) is 13.2. The summed E-state index contributed by atoms with van der Waals surface area (Å²) in [7, 11) is 0. The van der Waals surface area contributed by atoms with Crippen LogP contribution < -0.4 is 11.1 Å². The van der Waals surface area contributed by atoms with Crippen LogP contribution in [0.25, 0.3) is 0 Å². The highest BCUT2D eigenvalue weighted by atomic mass is 16.4. The summed E-state index contributed by atoms with van der Waals surface area (Å²) in [5, 5.41) is 12.4. The molecule has 0 aromatic heterocycles. The zero-order chi connectivity index (χ0) is 24.6. The third-order valence-electron chi connectivity index (χ3n) is 6.92. The molecule has 0 aromatic rings. The van der Waals surface area contributed by atoms with Gasteiger partial charge in [-0.3, -0.25) is 9.28 Å². The van der Waals surface area contributed by atoms with Crippen LogP contribution in [0.4, 0.5) is 0 Å². The molecular weight excluding hydrogens is 414 g/mol. The van der Waals surface area contributed by atoms with Crippen molar-refractivity contribution in [2.45, 2.75) is 123 Å². The summed E-state index contributed by atoms with van der Waals surface area (Å²) in [6.45, 7) is 7.91. The van der Waals surface area contributed by atoms with Crippen molar-refractivity contribution >= 4 is 11.9 Å². The lowest BCUT2D eigenvalue weighted by Crippen LogP contribution is -2.56. The van der Waals surface area contributed by atoms with E-state index in [-0.39, 0.29) is 16.8 Å². The van der Waals surface area contributed by atoms with Crippen LogP contribution in [0.15, 0.2) is 0 Å². The Morgan fingerprint density at radius 1 is 0.697 bits per heavy atom.